The van der Waals surface area contributed by atoms with Crippen molar-refractivity contribution in [3.8, 4) is 11.5 Å². The van der Waals surface area contributed by atoms with Gasteiger partial charge in [-0.05, 0) is 24.3 Å². The Kier molecular flexibility index (Phi) is 6.65. The van der Waals surface area contributed by atoms with Crippen LogP contribution in [0.2, 0.25) is 0 Å². The summed E-state index contributed by atoms with van der Waals surface area (Å²) in [4.78, 5) is 36.1. The zero-order valence-electron chi connectivity index (χ0n) is 20.8. The Hall–Kier alpha value is -4.39. The Morgan fingerprint density at radius 1 is 1.03 bits per heavy atom. The van der Waals surface area contributed by atoms with Gasteiger partial charge in [-0.3, -0.25) is 9.69 Å². The first kappa shape index (κ1) is 24.9. The number of aromatic nitrogens is 4. The van der Waals surface area contributed by atoms with Crippen molar-refractivity contribution in [1.29, 1.82) is 0 Å². The van der Waals surface area contributed by atoms with Crippen molar-refractivity contribution in [3.63, 3.8) is 0 Å². The molecule has 13 heteroatoms. The van der Waals surface area contributed by atoms with Crippen LogP contribution in [0.5, 0.6) is 0 Å². The molecule has 6 rings (SSSR count). The van der Waals surface area contributed by atoms with Gasteiger partial charge in [0.15, 0.2) is 0 Å². The van der Waals surface area contributed by atoms with E-state index in [2.05, 4.69) is 15.2 Å². The standard InChI is InChI=1S/C26H25F2N7O4/c27-22(28)24-31-30-23(39-24)17-6-7-34-13-19(29-21(34)12-17)14-35(20-4-2-1-3-5-20)26(37)33-10-8-32(9-11-33)25(36)18-15-38-16-18/h1-7,12-13,18,22H,8-11,14-16H2. The molecule has 0 N–H and O–H groups in total. The number of amides is 3. The van der Waals surface area contributed by atoms with E-state index in [4.69, 9.17) is 9.15 Å². The summed E-state index contributed by atoms with van der Waals surface area (Å²) in [5.41, 5.74) is 2.33. The summed E-state index contributed by atoms with van der Waals surface area (Å²) in [6.07, 6.45) is 0.666. The Bertz CT molecular complexity index is 1480. The van der Waals surface area contributed by atoms with Crippen LogP contribution < -0.4 is 4.90 Å². The third-order valence-corrected chi connectivity index (χ3v) is 6.85. The maximum absolute atomic E-state index is 13.7. The molecule has 3 aromatic heterocycles. The van der Waals surface area contributed by atoms with Gasteiger partial charge in [0.2, 0.25) is 11.8 Å². The topological polar surface area (TPSA) is 109 Å². The van der Waals surface area contributed by atoms with E-state index in [-0.39, 0.29) is 30.3 Å². The number of carbonyl (C=O) groups is 2. The van der Waals surface area contributed by atoms with Crippen LogP contribution in [0, 0.1) is 5.92 Å². The van der Waals surface area contributed by atoms with E-state index in [0.29, 0.717) is 56.3 Å². The minimum Gasteiger partial charge on any atom is -0.415 e. The predicted molar refractivity (Wildman–Crippen MR) is 134 cm³/mol. The van der Waals surface area contributed by atoms with Gasteiger partial charge in [-0.25, -0.2) is 9.78 Å². The first-order valence-corrected chi connectivity index (χ1v) is 12.5. The molecule has 0 bridgehead atoms. The largest absolute Gasteiger partial charge is 0.415 e. The van der Waals surface area contributed by atoms with Crippen LogP contribution >= 0.6 is 0 Å². The molecule has 11 nitrogen and oxygen atoms in total. The molecule has 0 saturated carbocycles. The molecule has 3 amide bonds. The smallest absolute Gasteiger partial charge is 0.324 e. The van der Waals surface area contributed by atoms with E-state index < -0.39 is 12.3 Å². The Morgan fingerprint density at radius 2 is 1.77 bits per heavy atom. The van der Waals surface area contributed by atoms with Gasteiger partial charge in [-0.15, -0.1) is 10.2 Å². The number of benzene rings is 1. The average molecular weight is 538 g/mol. The van der Waals surface area contributed by atoms with Crippen molar-refractivity contribution in [2.75, 3.05) is 44.3 Å². The van der Waals surface area contributed by atoms with Crippen LogP contribution in [0.4, 0.5) is 19.3 Å². The fourth-order valence-electron chi connectivity index (χ4n) is 4.65. The number of hydrogen-bond acceptors (Lipinski definition) is 7. The zero-order chi connectivity index (χ0) is 26.9. The molecule has 1 aromatic carbocycles. The Labute approximate surface area is 221 Å². The van der Waals surface area contributed by atoms with Gasteiger partial charge in [0.05, 0.1) is 31.4 Å². The van der Waals surface area contributed by atoms with Crippen molar-refractivity contribution in [3.05, 3.63) is 66.4 Å². The molecule has 0 atom stereocenters. The maximum Gasteiger partial charge on any atom is 0.324 e. The summed E-state index contributed by atoms with van der Waals surface area (Å²) in [5.74, 6) is -0.757. The third kappa shape index (κ3) is 5.04. The number of nitrogens with zero attached hydrogens (tertiary/aromatic N) is 7. The van der Waals surface area contributed by atoms with Crippen LogP contribution in [0.1, 0.15) is 18.0 Å². The number of urea groups is 1. The van der Waals surface area contributed by atoms with E-state index in [0.717, 1.165) is 5.69 Å². The van der Waals surface area contributed by atoms with Crippen LogP contribution in [-0.4, -0.2) is 80.7 Å². The molecule has 0 radical (unpaired) electrons. The second-order valence-corrected chi connectivity index (χ2v) is 9.41. The monoisotopic (exact) mass is 537 g/mol. The van der Waals surface area contributed by atoms with Gasteiger partial charge in [-0.2, -0.15) is 8.78 Å². The number of carbonyl (C=O) groups excluding carboxylic acids is 2. The van der Waals surface area contributed by atoms with Crippen molar-refractivity contribution in [2.45, 2.75) is 13.0 Å². The molecule has 39 heavy (non-hydrogen) atoms. The lowest BCUT2D eigenvalue weighted by Crippen LogP contribution is -2.56. The molecule has 0 spiro atoms. The van der Waals surface area contributed by atoms with Gasteiger partial charge in [0.25, 0.3) is 5.89 Å². The van der Waals surface area contributed by atoms with Crippen LogP contribution in [0.3, 0.4) is 0 Å². The van der Waals surface area contributed by atoms with Crippen LogP contribution in [-0.2, 0) is 16.1 Å². The summed E-state index contributed by atoms with van der Waals surface area (Å²) >= 11 is 0. The molecule has 2 aliphatic heterocycles. The number of ether oxygens (including phenoxy) is 1. The number of fused-ring (bicyclic) bond motifs is 1. The number of rotatable bonds is 6. The molecule has 2 saturated heterocycles. The Morgan fingerprint density at radius 3 is 2.44 bits per heavy atom. The molecule has 0 aliphatic carbocycles. The van der Waals surface area contributed by atoms with Crippen LogP contribution in [0.15, 0.2) is 59.3 Å². The number of halogens is 2. The predicted octanol–water partition coefficient (Wildman–Crippen LogP) is 3.24. The van der Waals surface area contributed by atoms with Crippen molar-refractivity contribution in [1.82, 2.24) is 29.4 Å². The summed E-state index contributed by atoms with van der Waals surface area (Å²) < 4.78 is 37.7. The SMILES string of the molecule is O=C(C1COC1)N1CCN(C(=O)N(Cc2cn3ccc(-c4nnc(C(F)F)o4)cc3n2)c2ccccc2)CC1. The lowest BCUT2D eigenvalue weighted by Gasteiger charge is -2.39. The van der Waals surface area contributed by atoms with Gasteiger partial charge in [-0.1, -0.05) is 18.2 Å². The summed E-state index contributed by atoms with van der Waals surface area (Å²) in [5, 5.41) is 7.07. The molecule has 2 fully saturated rings. The highest BCUT2D eigenvalue weighted by atomic mass is 19.3. The Balaban J connectivity index is 1.20. The van der Waals surface area contributed by atoms with Crippen molar-refractivity contribution >= 4 is 23.3 Å². The van der Waals surface area contributed by atoms with Gasteiger partial charge in [0.1, 0.15) is 5.65 Å². The molecule has 202 valence electrons. The van der Waals surface area contributed by atoms with Gasteiger partial charge < -0.3 is 23.4 Å². The van der Waals surface area contributed by atoms with E-state index in [1.165, 1.54) is 0 Å². The van der Waals surface area contributed by atoms with Crippen molar-refractivity contribution < 1.29 is 27.5 Å². The number of imidazole rings is 1. The zero-order valence-corrected chi connectivity index (χ0v) is 20.8. The third-order valence-electron chi connectivity index (χ3n) is 6.85. The number of piperazine rings is 1. The van der Waals surface area contributed by atoms with E-state index in [9.17, 15) is 18.4 Å². The number of alkyl halides is 2. The van der Waals surface area contributed by atoms with Gasteiger partial charge >= 0.3 is 12.5 Å². The molecule has 4 aromatic rings. The summed E-state index contributed by atoms with van der Waals surface area (Å²) in [6.45, 7) is 2.95. The minimum absolute atomic E-state index is 0.0269. The van der Waals surface area contributed by atoms with Crippen LogP contribution in [0.25, 0.3) is 17.1 Å². The highest BCUT2D eigenvalue weighted by Gasteiger charge is 2.34. The highest BCUT2D eigenvalue weighted by Crippen LogP contribution is 2.25. The van der Waals surface area contributed by atoms with E-state index in [1.54, 1.807) is 43.6 Å². The molecular formula is C26H25F2N7O4. The second-order valence-electron chi connectivity index (χ2n) is 9.41. The average Bonchev–Trinajstić information content (AvgIpc) is 3.58. The molecule has 5 heterocycles. The molecular weight excluding hydrogens is 512 g/mol. The number of para-hydroxylation sites is 1. The lowest BCUT2D eigenvalue weighted by atomic mass is 10.1. The fourth-order valence-corrected chi connectivity index (χ4v) is 4.65. The number of hydrogen-bond donors (Lipinski definition) is 0. The van der Waals surface area contributed by atoms with E-state index in [1.807, 2.05) is 30.3 Å². The fraction of sp³-hybridized carbons (Fsp3) is 0.346. The second kappa shape index (κ2) is 10.4. The summed E-state index contributed by atoms with van der Waals surface area (Å²) in [7, 11) is 0. The number of pyridine rings is 1. The van der Waals surface area contributed by atoms with Gasteiger partial charge in [0, 0.05) is 49.8 Å². The highest BCUT2D eigenvalue weighted by molar-refractivity contribution is 5.92. The van der Waals surface area contributed by atoms with E-state index >= 15 is 0 Å². The lowest BCUT2D eigenvalue weighted by molar-refractivity contribution is -0.151. The summed E-state index contributed by atoms with van der Waals surface area (Å²) in [6, 6.07) is 12.5. The first-order valence-electron chi connectivity index (χ1n) is 12.5. The first-order chi connectivity index (χ1) is 19.0. The minimum atomic E-state index is -2.85. The molecule has 0 unspecified atom stereocenters. The van der Waals surface area contributed by atoms with Crippen molar-refractivity contribution in [2.24, 2.45) is 5.92 Å². The normalized spacial score (nSPS) is 16.1. The quantitative estimate of drug-likeness (QED) is 0.372. The maximum atomic E-state index is 13.7. The number of anilines is 1. The molecule has 2 aliphatic rings.